The van der Waals surface area contributed by atoms with Crippen molar-refractivity contribution in [2.45, 2.75) is 112 Å². The number of carbonyl (C=O) groups is 2. The van der Waals surface area contributed by atoms with Crippen molar-refractivity contribution in [1.29, 1.82) is 0 Å². The van der Waals surface area contributed by atoms with Crippen molar-refractivity contribution in [3.8, 4) is 5.75 Å². The molecule has 285 valence electrons. The van der Waals surface area contributed by atoms with Gasteiger partial charge in [-0.05, 0) is 45.9 Å². The van der Waals surface area contributed by atoms with Crippen molar-refractivity contribution in [1.82, 2.24) is 0 Å². The predicted octanol–water partition coefficient (Wildman–Crippen LogP) is 10.7. The minimum Gasteiger partial charge on any atom is -0.147 e. The van der Waals surface area contributed by atoms with Crippen LogP contribution in [-0.2, 0) is 27.4 Å². The van der Waals surface area contributed by atoms with Crippen LogP contribution in [0.1, 0.15) is 134 Å². The smallest absolute Gasteiger partial charge is 0.147 e. The number of fused-ring (bicyclic) bond motifs is 1. The molecule has 1 atom stereocenters. The van der Waals surface area contributed by atoms with Gasteiger partial charge in [-0.2, -0.15) is 6.67 Å². The number of benzene rings is 3. The molecule has 1 unspecified atom stereocenters. The second-order valence-electron chi connectivity index (χ2n) is 15.1. The van der Waals surface area contributed by atoms with Crippen molar-refractivity contribution in [2.75, 3.05) is 34.4 Å². The van der Waals surface area contributed by atoms with Gasteiger partial charge >= 0.3 is 139 Å². The molecule has 52 heavy (non-hydrogen) atoms. The third kappa shape index (κ3) is 9.65. The maximum atomic E-state index is 12.5. The Labute approximate surface area is 329 Å². The Morgan fingerprint density at radius 3 is 1.63 bits per heavy atom. The van der Waals surface area contributed by atoms with Gasteiger partial charge in [-0.3, -0.25) is 0 Å². The van der Waals surface area contributed by atoms with Crippen molar-refractivity contribution >= 4 is 46.1 Å². The van der Waals surface area contributed by atoms with Crippen LogP contribution in [0.2, 0.25) is 0 Å². The van der Waals surface area contributed by atoms with Crippen LogP contribution < -0.4 is 19.4 Å². The molecule has 2 heterocycles. The number of para-hydroxylation sites is 3. The number of halogens is 1. The van der Waals surface area contributed by atoms with Crippen LogP contribution in [0.5, 0.6) is 5.75 Å². The van der Waals surface area contributed by atoms with E-state index in [4.69, 9.17) is 9.47 Å². The summed E-state index contributed by atoms with van der Waals surface area (Å²) in [5.74, 6) is 2.41. The van der Waals surface area contributed by atoms with Crippen molar-refractivity contribution in [3.05, 3.63) is 89.1 Å². The maximum Gasteiger partial charge on any atom is -0.147 e. The maximum absolute atomic E-state index is 12.5. The fourth-order valence-corrected chi connectivity index (χ4v) is 7.05. The SMILES string of the molecule is CC(C)c1cccc(C(C)C)c1N1[CH-]N(c2c(C(C)C)cccc2C(C)C)CC1.CCC1Oc2c([CH]=[Ru+])cccc2N(C(=O)OCC(C)C)C1=O.Cl. The van der Waals surface area contributed by atoms with Crippen LogP contribution >= 0.6 is 12.4 Å². The largest absolute Gasteiger partial charge is 0.147 e. The molecular formula is C43H59ClN3O4Ru. The number of nitrogens with zero attached hydrogens (tertiary/aromatic N) is 3. The molecule has 5 rings (SSSR count). The Balaban J connectivity index is 0.000000285. The Hall–Kier alpha value is -3.22. The summed E-state index contributed by atoms with van der Waals surface area (Å²) in [7, 11) is 0. The molecule has 0 saturated carbocycles. The van der Waals surface area contributed by atoms with Crippen molar-refractivity contribution < 1.29 is 36.9 Å². The number of anilines is 3. The third-order valence-electron chi connectivity index (χ3n) is 9.34. The molecule has 2 amide bonds. The first kappa shape index (κ1) is 43.2. The molecule has 3 aromatic carbocycles. The molecule has 1 fully saturated rings. The molecule has 0 spiro atoms. The number of carbonyl (C=O) groups excluding carboxylic acids is 2. The summed E-state index contributed by atoms with van der Waals surface area (Å²) in [5.41, 5.74) is 9.92. The van der Waals surface area contributed by atoms with Gasteiger partial charge in [-0.1, -0.05) is 91.8 Å². The minimum absolute atomic E-state index is 0. The summed E-state index contributed by atoms with van der Waals surface area (Å²) in [6.07, 6.45) is -0.839. The average molecular weight is 818 g/mol. The van der Waals surface area contributed by atoms with E-state index in [1.807, 2.05) is 31.4 Å². The summed E-state index contributed by atoms with van der Waals surface area (Å²) >= 11 is 2.41. The first-order valence-corrected chi connectivity index (χ1v) is 19.6. The molecule has 2 aliphatic heterocycles. The molecule has 0 radical (unpaired) electrons. The summed E-state index contributed by atoms with van der Waals surface area (Å²) in [5, 5.41) is 0. The number of hydrogen-bond donors (Lipinski definition) is 0. The Morgan fingerprint density at radius 2 is 1.25 bits per heavy atom. The zero-order chi connectivity index (χ0) is 37.6. The zero-order valence-electron chi connectivity index (χ0n) is 32.9. The Bertz CT molecular complexity index is 1570. The predicted molar refractivity (Wildman–Crippen MR) is 215 cm³/mol. The first-order valence-electron chi connectivity index (χ1n) is 18.6. The summed E-state index contributed by atoms with van der Waals surface area (Å²) in [6.45, 7) is 28.9. The van der Waals surface area contributed by atoms with Gasteiger partial charge in [-0.25, -0.2) is 0 Å². The van der Waals surface area contributed by atoms with Crippen molar-refractivity contribution in [2.24, 2.45) is 5.92 Å². The molecule has 0 aromatic heterocycles. The van der Waals surface area contributed by atoms with E-state index in [9.17, 15) is 9.59 Å². The van der Waals surface area contributed by atoms with Gasteiger partial charge in [0.05, 0.1) is 0 Å². The van der Waals surface area contributed by atoms with Crippen LogP contribution in [0, 0.1) is 12.6 Å². The molecule has 3 aromatic rings. The van der Waals surface area contributed by atoms with E-state index in [0.29, 0.717) is 41.5 Å². The standard InChI is InChI=1S/C27H39N2.C16H19NO4.ClH.Ru/c1-18(2)22-11-9-12-23(19(3)4)26(22)28-15-16-29(17-28)27-24(20(5)6)13-10-14-25(27)21(7)8;1-5-13-15(18)17(16(19)20-9-10(2)3)12-8-6-7-11(4)14(12)21-13;;/h9-14,17-21H,15-16H2,1-8H3;4,6-8,10,13H,5,9H2,1-3H3;1H;/q-1;;;+1. The van der Waals surface area contributed by atoms with E-state index in [0.717, 1.165) is 23.6 Å². The van der Waals surface area contributed by atoms with E-state index in [-0.39, 0.29) is 30.8 Å². The van der Waals surface area contributed by atoms with Gasteiger partial charge in [0.25, 0.3) is 0 Å². The number of ether oxygens (including phenoxy) is 2. The van der Waals surface area contributed by atoms with E-state index in [2.05, 4.69) is 126 Å². The van der Waals surface area contributed by atoms with Crippen LogP contribution in [0.4, 0.5) is 21.9 Å². The number of hydrogen-bond acceptors (Lipinski definition) is 6. The molecule has 7 nitrogen and oxygen atoms in total. The average Bonchev–Trinajstić information content (AvgIpc) is 3.59. The van der Waals surface area contributed by atoms with Gasteiger partial charge in [0, 0.05) is 24.5 Å². The fraction of sp³-hybridized carbons (Fsp3) is 0.488. The molecule has 0 N–H and O–H groups in total. The minimum atomic E-state index is -0.674. The Morgan fingerprint density at radius 1 is 0.808 bits per heavy atom. The second kappa shape index (κ2) is 19.2. The van der Waals surface area contributed by atoms with Crippen LogP contribution in [0.15, 0.2) is 54.6 Å². The van der Waals surface area contributed by atoms with Gasteiger partial charge < -0.3 is 9.80 Å². The zero-order valence-corrected chi connectivity index (χ0v) is 35.4. The molecular weight excluding hydrogens is 759 g/mol. The molecule has 0 bridgehead atoms. The normalized spacial score (nSPS) is 15.5. The molecule has 2 aliphatic rings. The van der Waals surface area contributed by atoms with E-state index < -0.39 is 12.2 Å². The molecule has 1 saturated heterocycles. The van der Waals surface area contributed by atoms with E-state index in [1.54, 1.807) is 12.1 Å². The number of imide groups is 1. The van der Waals surface area contributed by atoms with Crippen LogP contribution in [-0.4, -0.2) is 42.4 Å². The summed E-state index contributed by atoms with van der Waals surface area (Å²) < 4.78 is 12.8. The summed E-state index contributed by atoms with van der Waals surface area (Å²) in [4.78, 5) is 30.9. The Kier molecular flexibility index (Phi) is 16.0. The number of amides is 2. The van der Waals surface area contributed by atoms with E-state index in [1.165, 1.54) is 33.6 Å². The van der Waals surface area contributed by atoms with Gasteiger partial charge in [0.2, 0.25) is 0 Å². The van der Waals surface area contributed by atoms with Crippen LogP contribution in [0.25, 0.3) is 0 Å². The molecule has 9 heteroatoms. The number of rotatable bonds is 10. The van der Waals surface area contributed by atoms with E-state index >= 15 is 0 Å². The van der Waals surface area contributed by atoms with Gasteiger partial charge in [-0.15, -0.1) is 12.4 Å². The topological polar surface area (TPSA) is 62.3 Å². The fourth-order valence-electron chi connectivity index (χ4n) is 6.66. The van der Waals surface area contributed by atoms with Gasteiger partial charge in [0.1, 0.15) is 0 Å². The van der Waals surface area contributed by atoms with Crippen molar-refractivity contribution in [3.63, 3.8) is 0 Å². The molecule has 0 aliphatic carbocycles. The third-order valence-corrected chi connectivity index (χ3v) is 9.89. The van der Waals surface area contributed by atoms with Crippen LogP contribution in [0.3, 0.4) is 0 Å². The monoisotopic (exact) mass is 818 g/mol. The second-order valence-corrected chi connectivity index (χ2v) is 15.6. The first-order chi connectivity index (χ1) is 24.2. The van der Waals surface area contributed by atoms with Gasteiger partial charge in [0.15, 0.2) is 0 Å². The quantitative estimate of drug-likeness (QED) is 0.150. The summed E-state index contributed by atoms with van der Waals surface area (Å²) in [6, 6.07) is 19.0.